The molecule has 0 aliphatic heterocycles. The van der Waals surface area contributed by atoms with Crippen molar-refractivity contribution < 1.29 is 0 Å². The molecule has 0 unspecified atom stereocenters. The van der Waals surface area contributed by atoms with Crippen molar-refractivity contribution in [2.45, 2.75) is 37.6 Å². The van der Waals surface area contributed by atoms with Crippen molar-refractivity contribution in [2.75, 3.05) is 7.05 Å². The van der Waals surface area contributed by atoms with Crippen molar-refractivity contribution in [3.63, 3.8) is 0 Å². The number of fused-ring (bicyclic) bond motifs is 1. The van der Waals surface area contributed by atoms with Crippen LogP contribution in [0.4, 0.5) is 5.69 Å². The lowest BCUT2D eigenvalue weighted by Gasteiger charge is -2.28. The first-order valence-electron chi connectivity index (χ1n) is 8.91. The number of H-pyrrole nitrogens is 1. The minimum absolute atomic E-state index is 0. The van der Waals surface area contributed by atoms with Gasteiger partial charge in [-0.1, -0.05) is 12.5 Å². The van der Waals surface area contributed by atoms with E-state index in [4.69, 9.17) is 5.73 Å². The molecule has 0 spiro atoms. The van der Waals surface area contributed by atoms with Crippen molar-refractivity contribution >= 4 is 46.2 Å². The third-order valence-electron chi connectivity index (χ3n) is 5.24. The van der Waals surface area contributed by atoms with Gasteiger partial charge in [-0.05, 0) is 67.4 Å². The molecule has 4 N–H and O–H groups in total. The molecule has 4 nitrogen and oxygen atoms in total. The molecule has 26 heavy (non-hydrogen) atoms. The van der Waals surface area contributed by atoms with Crippen molar-refractivity contribution in [1.82, 2.24) is 10.3 Å². The Morgan fingerprint density at radius 3 is 2.96 bits per heavy atom. The Kier molecular flexibility index (Phi) is 6.01. The summed E-state index contributed by atoms with van der Waals surface area (Å²) in [5.41, 5.74) is 9.66. The highest BCUT2D eigenvalue weighted by molar-refractivity contribution is 7.12. The van der Waals surface area contributed by atoms with Crippen molar-refractivity contribution in [1.29, 1.82) is 0 Å². The molecule has 1 saturated carbocycles. The van der Waals surface area contributed by atoms with Gasteiger partial charge in [-0.3, -0.25) is 0 Å². The summed E-state index contributed by atoms with van der Waals surface area (Å²) in [5, 5.41) is 6.75. The van der Waals surface area contributed by atoms with Gasteiger partial charge in [0.1, 0.15) is 5.84 Å². The van der Waals surface area contributed by atoms with Crippen LogP contribution < -0.4 is 11.1 Å². The highest BCUT2D eigenvalue weighted by atomic mass is 35.5. The second kappa shape index (κ2) is 8.25. The highest BCUT2D eigenvalue weighted by Gasteiger charge is 2.24. The number of aliphatic imine (C=N–C) groups is 1. The quantitative estimate of drug-likeness (QED) is 0.438. The molecule has 1 fully saturated rings. The van der Waals surface area contributed by atoms with Crippen LogP contribution in [0.3, 0.4) is 0 Å². The standard InChI is InChI=1S/C20H24N4S.ClH/c1-22-14-5-2-4-13(10-14)17-12-23-18-8-7-15(11-16(17)18)24-20(21)19-6-3-9-25-19;/h3,6-9,11-14,22-23H,2,4-5,10H2,1H3,(H2,21,24);1H/t13-,14-;/m0./s1. The first-order chi connectivity index (χ1) is 12.2. The fraction of sp³-hybridized carbons (Fsp3) is 0.350. The zero-order chi connectivity index (χ0) is 17.2. The molecule has 0 amide bonds. The molecular formula is C20H25ClN4S. The monoisotopic (exact) mass is 388 g/mol. The van der Waals surface area contributed by atoms with Gasteiger partial charge in [0.2, 0.25) is 0 Å². The summed E-state index contributed by atoms with van der Waals surface area (Å²) in [7, 11) is 2.07. The van der Waals surface area contributed by atoms with E-state index in [0.29, 0.717) is 17.8 Å². The summed E-state index contributed by atoms with van der Waals surface area (Å²) in [6, 6.07) is 10.9. The molecule has 138 valence electrons. The predicted molar refractivity (Wildman–Crippen MR) is 114 cm³/mol. The summed E-state index contributed by atoms with van der Waals surface area (Å²) < 4.78 is 0. The number of amidine groups is 1. The van der Waals surface area contributed by atoms with Crippen LogP contribution in [0.2, 0.25) is 0 Å². The number of aromatic nitrogens is 1. The lowest BCUT2D eigenvalue weighted by molar-refractivity contribution is 0.356. The fourth-order valence-electron chi connectivity index (χ4n) is 3.89. The molecule has 0 saturated heterocycles. The van der Waals surface area contributed by atoms with Gasteiger partial charge >= 0.3 is 0 Å². The molecule has 1 aliphatic carbocycles. The zero-order valence-electron chi connectivity index (χ0n) is 14.9. The smallest absolute Gasteiger partial charge is 0.141 e. The van der Waals surface area contributed by atoms with Crippen LogP contribution in [0.15, 0.2) is 46.9 Å². The van der Waals surface area contributed by atoms with Crippen LogP contribution in [-0.2, 0) is 0 Å². The molecule has 2 atom stereocenters. The topological polar surface area (TPSA) is 66.2 Å². The summed E-state index contributed by atoms with van der Waals surface area (Å²) in [6.45, 7) is 0. The molecular weight excluding hydrogens is 364 g/mol. The van der Waals surface area contributed by atoms with E-state index in [1.54, 1.807) is 11.3 Å². The highest BCUT2D eigenvalue weighted by Crippen LogP contribution is 2.37. The molecule has 4 rings (SSSR count). The molecule has 2 aromatic heterocycles. The maximum Gasteiger partial charge on any atom is 0.141 e. The number of hydrogen-bond acceptors (Lipinski definition) is 3. The molecule has 3 aromatic rings. The number of benzene rings is 1. The molecule has 0 radical (unpaired) electrons. The SMILES string of the molecule is CN[C@H]1CCC[C@H](c2c[nH]c3ccc(N=C(N)c4cccs4)cc23)C1.Cl. The van der Waals surface area contributed by atoms with E-state index in [9.17, 15) is 0 Å². The first kappa shape index (κ1) is 19.0. The van der Waals surface area contributed by atoms with E-state index in [0.717, 1.165) is 10.6 Å². The Morgan fingerprint density at radius 2 is 2.19 bits per heavy atom. The number of aromatic amines is 1. The average Bonchev–Trinajstić information content (AvgIpc) is 3.31. The third-order valence-corrected chi connectivity index (χ3v) is 6.14. The second-order valence-electron chi connectivity index (χ2n) is 6.80. The number of rotatable bonds is 4. The Labute approximate surface area is 164 Å². The third kappa shape index (κ3) is 3.80. The maximum absolute atomic E-state index is 6.15. The maximum atomic E-state index is 6.15. The van der Waals surface area contributed by atoms with E-state index in [1.165, 1.54) is 42.1 Å². The van der Waals surface area contributed by atoms with Crippen LogP contribution in [0.5, 0.6) is 0 Å². The number of hydrogen-bond donors (Lipinski definition) is 3. The fourth-order valence-corrected chi connectivity index (χ4v) is 4.52. The van der Waals surface area contributed by atoms with Gasteiger partial charge in [-0.2, -0.15) is 0 Å². The summed E-state index contributed by atoms with van der Waals surface area (Å²) in [6.07, 6.45) is 7.21. The van der Waals surface area contributed by atoms with Crippen LogP contribution in [-0.4, -0.2) is 23.9 Å². The van der Waals surface area contributed by atoms with Gasteiger partial charge in [0, 0.05) is 23.1 Å². The summed E-state index contributed by atoms with van der Waals surface area (Å²) in [4.78, 5) is 9.07. The Bertz CT molecular complexity index is 884. The largest absolute Gasteiger partial charge is 0.383 e. The normalized spacial score (nSPS) is 20.9. The van der Waals surface area contributed by atoms with Crippen LogP contribution in [0, 0.1) is 0 Å². The molecule has 2 heterocycles. The molecule has 1 aromatic carbocycles. The molecule has 0 bridgehead atoms. The summed E-state index contributed by atoms with van der Waals surface area (Å²) in [5.74, 6) is 1.19. The van der Waals surface area contributed by atoms with E-state index in [1.807, 2.05) is 23.6 Å². The van der Waals surface area contributed by atoms with E-state index in [2.05, 4.69) is 40.7 Å². The van der Waals surface area contributed by atoms with E-state index in [-0.39, 0.29) is 12.4 Å². The minimum atomic E-state index is 0. The van der Waals surface area contributed by atoms with Gasteiger partial charge in [0.25, 0.3) is 0 Å². The average molecular weight is 389 g/mol. The number of nitrogens with zero attached hydrogens (tertiary/aromatic N) is 1. The van der Waals surface area contributed by atoms with Crippen molar-refractivity contribution in [3.8, 4) is 0 Å². The Morgan fingerprint density at radius 1 is 1.31 bits per heavy atom. The van der Waals surface area contributed by atoms with Gasteiger partial charge in [0.05, 0.1) is 10.6 Å². The van der Waals surface area contributed by atoms with Gasteiger partial charge in [-0.15, -0.1) is 23.7 Å². The van der Waals surface area contributed by atoms with Crippen molar-refractivity contribution in [3.05, 3.63) is 52.3 Å². The number of thiophene rings is 1. The van der Waals surface area contributed by atoms with Crippen LogP contribution >= 0.6 is 23.7 Å². The lowest BCUT2D eigenvalue weighted by Crippen LogP contribution is -2.30. The lowest BCUT2D eigenvalue weighted by atomic mass is 9.81. The van der Waals surface area contributed by atoms with E-state index < -0.39 is 0 Å². The minimum Gasteiger partial charge on any atom is -0.383 e. The second-order valence-corrected chi connectivity index (χ2v) is 7.75. The number of halogens is 1. The Hall–Kier alpha value is -1.82. The van der Waals surface area contributed by atoms with Crippen LogP contribution in [0.25, 0.3) is 10.9 Å². The number of nitrogens with one attached hydrogen (secondary N) is 2. The van der Waals surface area contributed by atoms with Gasteiger partial charge in [0.15, 0.2) is 0 Å². The zero-order valence-corrected chi connectivity index (χ0v) is 16.5. The summed E-state index contributed by atoms with van der Waals surface area (Å²) >= 11 is 1.62. The first-order valence-corrected chi connectivity index (χ1v) is 9.79. The Balaban J connectivity index is 0.00000196. The molecule has 1 aliphatic rings. The molecule has 6 heteroatoms. The predicted octanol–water partition coefficient (Wildman–Crippen LogP) is 4.93. The van der Waals surface area contributed by atoms with Gasteiger partial charge < -0.3 is 16.0 Å². The van der Waals surface area contributed by atoms with Crippen LogP contribution in [0.1, 0.15) is 42.0 Å². The van der Waals surface area contributed by atoms with Gasteiger partial charge in [-0.25, -0.2) is 4.99 Å². The van der Waals surface area contributed by atoms with Crippen molar-refractivity contribution in [2.24, 2.45) is 10.7 Å². The number of nitrogens with two attached hydrogens (primary N) is 1. The van der Waals surface area contributed by atoms with E-state index >= 15 is 0 Å².